The molecule has 0 aliphatic rings. The molecule has 0 N–H and O–H groups in total. The summed E-state index contributed by atoms with van der Waals surface area (Å²) in [6.07, 6.45) is 4.98. The molecule has 3 rings (SSSR count). The van der Waals surface area contributed by atoms with E-state index < -0.39 is 5.56 Å². The van der Waals surface area contributed by atoms with Gasteiger partial charge < -0.3 is 9.47 Å². The highest BCUT2D eigenvalue weighted by Crippen LogP contribution is 2.28. The number of fused-ring (bicyclic) bond motifs is 1. The normalized spacial score (nSPS) is 11.9. The number of thiazole rings is 1. The number of methoxy groups -OCH3 is 1. The van der Waals surface area contributed by atoms with E-state index in [2.05, 4.69) is 17.0 Å². The summed E-state index contributed by atoms with van der Waals surface area (Å²) < 4.78 is 12.8. The molecule has 0 unspecified atom stereocenters. The summed E-state index contributed by atoms with van der Waals surface area (Å²) in [6, 6.07) is 5.50. The molecule has 0 saturated heterocycles. The van der Waals surface area contributed by atoms with Crippen LogP contribution in [0, 0.1) is 6.92 Å². The Kier molecular flexibility index (Phi) is 5.85. The van der Waals surface area contributed by atoms with Gasteiger partial charge in [-0.25, -0.2) is 0 Å². The number of hydrogen-bond donors (Lipinski definition) is 0. The Bertz CT molecular complexity index is 1120. The smallest absolute Gasteiger partial charge is 0.295 e. The van der Waals surface area contributed by atoms with Gasteiger partial charge in [-0.2, -0.15) is 14.6 Å². The summed E-state index contributed by atoms with van der Waals surface area (Å²) >= 11 is 1.13. The van der Waals surface area contributed by atoms with Gasteiger partial charge in [0.15, 0.2) is 11.5 Å². The maximum atomic E-state index is 12.5. The molecule has 0 amide bonds. The summed E-state index contributed by atoms with van der Waals surface area (Å²) in [7, 11) is 1.58. The molecule has 0 radical (unpaired) electrons. The number of aromatic nitrogens is 3. The predicted molar refractivity (Wildman–Crippen MR) is 105 cm³/mol. The van der Waals surface area contributed by atoms with Crippen molar-refractivity contribution in [1.29, 1.82) is 0 Å². The number of benzene rings is 1. The first-order chi connectivity index (χ1) is 13.0. The number of nitrogens with zero attached hydrogens (tertiary/aromatic N) is 3. The van der Waals surface area contributed by atoms with Crippen molar-refractivity contribution in [2.45, 2.75) is 33.1 Å². The molecule has 3 aromatic rings. The molecule has 0 atom stereocenters. The van der Waals surface area contributed by atoms with Crippen LogP contribution in [-0.4, -0.2) is 28.3 Å². The topological polar surface area (TPSA) is 82.8 Å². The molecule has 7 nitrogen and oxygen atoms in total. The summed E-state index contributed by atoms with van der Waals surface area (Å²) in [5, 5.41) is 4.01. The van der Waals surface area contributed by atoms with Crippen LogP contribution in [0.25, 0.3) is 11.0 Å². The van der Waals surface area contributed by atoms with E-state index in [0.717, 1.165) is 40.7 Å². The minimum Gasteiger partial charge on any atom is -0.493 e. The fraction of sp³-hybridized carbons (Fsp3) is 0.368. The van der Waals surface area contributed by atoms with Gasteiger partial charge in [0.25, 0.3) is 11.1 Å². The van der Waals surface area contributed by atoms with Gasteiger partial charge >= 0.3 is 0 Å². The summed E-state index contributed by atoms with van der Waals surface area (Å²) in [6.45, 7) is 4.32. The molecule has 142 valence electrons. The number of hydrogen-bond acceptors (Lipinski definition) is 7. The average Bonchev–Trinajstić information content (AvgIpc) is 2.95. The van der Waals surface area contributed by atoms with Crippen molar-refractivity contribution in [3.8, 4) is 11.5 Å². The van der Waals surface area contributed by atoms with Gasteiger partial charge in [0.05, 0.1) is 18.2 Å². The van der Waals surface area contributed by atoms with Crippen LogP contribution in [-0.2, 0) is 0 Å². The zero-order chi connectivity index (χ0) is 19.4. The van der Waals surface area contributed by atoms with E-state index in [1.807, 2.05) is 18.2 Å². The van der Waals surface area contributed by atoms with Crippen molar-refractivity contribution < 1.29 is 9.47 Å². The van der Waals surface area contributed by atoms with Crippen molar-refractivity contribution in [1.82, 2.24) is 14.6 Å². The quantitative estimate of drug-likeness (QED) is 0.576. The monoisotopic (exact) mass is 387 g/mol. The Morgan fingerprint density at radius 1 is 1.22 bits per heavy atom. The molecule has 0 bridgehead atoms. The van der Waals surface area contributed by atoms with Crippen molar-refractivity contribution in [3.63, 3.8) is 0 Å². The van der Waals surface area contributed by atoms with Crippen LogP contribution in [0.3, 0.4) is 0 Å². The van der Waals surface area contributed by atoms with Gasteiger partial charge in [-0.15, -0.1) is 0 Å². The molecular weight excluding hydrogens is 366 g/mol. The first-order valence-corrected chi connectivity index (χ1v) is 9.58. The van der Waals surface area contributed by atoms with Gasteiger partial charge in [0.2, 0.25) is 4.96 Å². The molecule has 0 fully saturated rings. The lowest BCUT2D eigenvalue weighted by Gasteiger charge is -2.11. The predicted octanol–water partition coefficient (Wildman–Crippen LogP) is 1.94. The Balaban J connectivity index is 1.95. The Morgan fingerprint density at radius 3 is 2.78 bits per heavy atom. The second-order valence-electron chi connectivity index (χ2n) is 6.08. The fourth-order valence-corrected chi connectivity index (χ4v) is 3.47. The van der Waals surface area contributed by atoms with E-state index in [1.54, 1.807) is 13.2 Å². The highest BCUT2D eigenvalue weighted by molar-refractivity contribution is 7.15. The van der Waals surface area contributed by atoms with Crippen LogP contribution in [0.4, 0.5) is 0 Å². The number of ether oxygens (including phenoxy) is 2. The zero-order valence-electron chi connectivity index (χ0n) is 15.5. The maximum absolute atomic E-state index is 12.5. The van der Waals surface area contributed by atoms with Crippen LogP contribution < -0.4 is 25.1 Å². The molecule has 2 aromatic heterocycles. The van der Waals surface area contributed by atoms with E-state index >= 15 is 0 Å². The van der Waals surface area contributed by atoms with Gasteiger partial charge in [0, 0.05) is 0 Å². The van der Waals surface area contributed by atoms with E-state index in [9.17, 15) is 9.59 Å². The standard InChI is InChI=1S/C19H21N3O4S/c1-4-5-6-9-26-14-8-7-13(10-15(14)25-3)11-16-18(24)22-19(27-16)20-17(23)12(2)21-22/h7-8,10-11H,4-6,9H2,1-3H3/b16-11+. The maximum Gasteiger partial charge on any atom is 0.295 e. The highest BCUT2D eigenvalue weighted by Gasteiger charge is 2.09. The number of aryl methyl sites for hydroxylation is 1. The van der Waals surface area contributed by atoms with Crippen molar-refractivity contribution >= 4 is 22.4 Å². The van der Waals surface area contributed by atoms with Crippen LogP contribution in [0.2, 0.25) is 0 Å². The molecular formula is C19H21N3O4S. The SMILES string of the molecule is CCCCCOc1ccc(/C=c2/sc3nc(=O)c(C)nn3c2=O)cc1OC. The third-order valence-corrected chi connectivity index (χ3v) is 4.99. The van der Waals surface area contributed by atoms with Crippen LogP contribution in [0.1, 0.15) is 37.4 Å². The lowest BCUT2D eigenvalue weighted by Crippen LogP contribution is -2.27. The highest BCUT2D eigenvalue weighted by atomic mass is 32.1. The van der Waals surface area contributed by atoms with E-state index in [-0.39, 0.29) is 16.2 Å². The minimum atomic E-state index is -0.422. The van der Waals surface area contributed by atoms with Crippen molar-refractivity contribution in [3.05, 3.63) is 54.7 Å². The molecule has 0 spiro atoms. The lowest BCUT2D eigenvalue weighted by molar-refractivity contribution is 0.286. The van der Waals surface area contributed by atoms with Crippen LogP contribution in [0.5, 0.6) is 11.5 Å². The number of unbranched alkanes of at least 4 members (excludes halogenated alkanes) is 2. The lowest BCUT2D eigenvalue weighted by atomic mass is 10.2. The zero-order valence-corrected chi connectivity index (χ0v) is 16.3. The van der Waals surface area contributed by atoms with Crippen molar-refractivity contribution in [2.75, 3.05) is 13.7 Å². The largest absolute Gasteiger partial charge is 0.493 e. The summed E-state index contributed by atoms with van der Waals surface area (Å²) in [5.74, 6) is 1.28. The third kappa shape index (κ3) is 4.16. The van der Waals surface area contributed by atoms with Crippen LogP contribution in [0.15, 0.2) is 27.8 Å². The van der Waals surface area contributed by atoms with E-state index in [4.69, 9.17) is 9.47 Å². The molecule has 0 aliphatic heterocycles. The Labute approximate surface area is 159 Å². The fourth-order valence-electron chi connectivity index (χ4n) is 2.57. The second-order valence-corrected chi connectivity index (χ2v) is 7.09. The van der Waals surface area contributed by atoms with Gasteiger partial charge in [-0.1, -0.05) is 37.2 Å². The molecule has 0 aliphatic carbocycles. The van der Waals surface area contributed by atoms with E-state index in [1.165, 1.54) is 6.92 Å². The Morgan fingerprint density at radius 2 is 2.04 bits per heavy atom. The van der Waals surface area contributed by atoms with Crippen LogP contribution >= 0.6 is 11.3 Å². The molecule has 0 saturated carbocycles. The van der Waals surface area contributed by atoms with Gasteiger partial charge in [-0.3, -0.25) is 9.59 Å². The first-order valence-electron chi connectivity index (χ1n) is 8.76. The van der Waals surface area contributed by atoms with Gasteiger partial charge in [0.1, 0.15) is 5.69 Å². The average molecular weight is 387 g/mol. The molecule has 27 heavy (non-hydrogen) atoms. The minimum absolute atomic E-state index is 0.195. The van der Waals surface area contributed by atoms with Gasteiger partial charge in [-0.05, 0) is 37.1 Å². The van der Waals surface area contributed by atoms with Crippen molar-refractivity contribution in [2.24, 2.45) is 0 Å². The first kappa shape index (κ1) is 19.0. The molecule has 1 aromatic carbocycles. The summed E-state index contributed by atoms with van der Waals surface area (Å²) in [5.41, 5.74) is 0.259. The van der Waals surface area contributed by atoms with E-state index in [0.29, 0.717) is 22.6 Å². The molecule has 8 heteroatoms. The Hall–Kier alpha value is -2.74. The molecule has 2 heterocycles. The summed E-state index contributed by atoms with van der Waals surface area (Å²) in [4.78, 5) is 28.3. The number of rotatable bonds is 7. The third-order valence-electron chi connectivity index (χ3n) is 4.03. The second kappa shape index (κ2) is 8.30.